The van der Waals surface area contributed by atoms with Crippen molar-refractivity contribution in [1.29, 1.82) is 0 Å². The maximum absolute atomic E-state index is 15.0. The number of hydrogen-bond acceptors (Lipinski definition) is 8. The maximum atomic E-state index is 15.0. The Morgan fingerprint density at radius 2 is 1.92 bits per heavy atom. The minimum absolute atomic E-state index is 0.0452. The van der Waals surface area contributed by atoms with Crippen LogP contribution in [0.15, 0.2) is 66.4 Å². The molecule has 37 heavy (non-hydrogen) atoms. The van der Waals surface area contributed by atoms with Crippen molar-refractivity contribution in [1.82, 2.24) is 24.8 Å². The lowest BCUT2D eigenvalue weighted by Crippen LogP contribution is -2.44. The molecular weight excluding hydrogens is 482 g/mol. The summed E-state index contributed by atoms with van der Waals surface area (Å²) in [5.74, 6) is -2.45. The largest absolute Gasteiger partial charge is 0.367 e. The number of nitrogens with one attached hydrogen (secondary N) is 3. The van der Waals surface area contributed by atoms with E-state index in [2.05, 4.69) is 37.5 Å². The van der Waals surface area contributed by atoms with Crippen molar-refractivity contribution in [3.63, 3.8) is 0 Å². The average Bonchev–Trinajstić information content (AvgIpc) is 2.92. The van der Waals surface area contributed by atoms with Gasteiger partial charge in [-0.3, -0.25) is 14.2 Å². The molecule has 10 nitrogen and oxygen atoms in total. The number of piperazine rings is 1. The van der Waals surface area contributed by atoms with Gasteiger partial charge in [0.2, 0.25) is 11.9 Å². The molecule has 188 valence electrons. The summed E-state index contributed by atoms with van der Waals surface area (Å²) < 4.78 is 31.4. The Kier molecular flexibility index (Phi) is 6.56. The van der Waals surface area contributed by atoms with E-state index in [0.717, 1.165) is 6.08 Å². The minimum atomic E-state index is -1.06. The lowest BCUT2D eigenvalue weighted by molar-refractivity contribution is -0.111. The highest BCUT2D eigenvalue weighted by Crippen LogP contribution is 2.29. The number of carbonyl (C=O) groups excluding carboxylic acids is 1. The molecule has 12 heteroatoms. The SMILES string of the molecule is C=CC(=O)Nc1cccc(-n2cnc(=O)c3cnc(Nc4ccc(N5CCNCC5)c(F)c4F)nc32)c1. The van der Waals surface area contributed by atoms with Crippen molar-refractivity contribution in [3.8, 4) is 5.69 Å². The molecule has 0 bridgehead atoms. The van der Waals surface area contributed by atoms with E-state index in [4.69, 9.17) is 0 Å². The number of halogens is 2. The van der Waals surface area contributed by atoms with Gasteiger partial charge in [0.25, 0.3) is 5.56 Å². The Morgan fingerprint density at radius 3 is 2.70 bits per heavy atom. The van der Waals surface area contributed by atoms with Crippen molar-refractivity contribution in [2.24, 2.45) is 0 Å². The number of anilines is 4. The molecule has 2 aromatic heterocycles. The van der Waals surface area contributed by atoms with Gasteiger partial charge in [0.1, 0.15) is 11.7 Å². The van der Waals surface area contributed by atoms with E-state index in [1.165, 1.54) is 29.2 Å². The summed E-state index contributed by atoms with van der Waals surface area (Å²) in [6.45, 7) is 5.95. The first-order valence-corrected chi connectivity index (χ1v) is 11.4. The molecule has 0 radical (unpaired) electrons. The van der Waals surface area contributed by atoms with Crippen molar-refractivity contribution < 1.29 is 13.6 Å². The van der Waals surface area contributed by atoms with Crippen molar-refractivity contribution in [3.05, 3.63) is 83.6 Å². The molecule has 1 amide bonds. The topological polar surface area (TPSA) is 117 Å². The Morgan fingerprint density at radius 1 is 1.11 bits per heavy atom. The third kappa shape index (κ3) is 4.86. The summed E-state index contributed by atoms with van der Waals surface area (Å²) in [5, 5.41) is 8.66. The van der Waals surface area contributed by atoms with Crippen LogP contribution in [0.1, 0.15) is 0 Å². The fourth-order valence-electron chi connectivity index (χ4n) is 4.02. The fourth-order valence-corrected chi connectivity index (χ4v) is 4.02. The van der Waals surface area contributed by atoms with Gasteiger partial charge in [-0.05, 0) is 36.4 Å². The van der Waals surface area contributed by atoms with Gasteiger partial charge in [-0.15, -0.1) is 0 Å². The van der Waals surface area contributed by atoms with Gasteiger partial charge in [0.15, 0.2) is 17.3 Å². The van der Waals surface area contributed by atoms with Gasteiger partial charge >= 0.3 is 0 Å². The monoisotopic (exact) mass is 504 g/mol. The Balaban J connectivity index is 1.50. The zero-order valence-electron chi connectivity index (χ0n) is 19.5. The summed E-state index contributed by atoms with van der Waals surface area (Å²) in [7, 11) is 0. The molecule has 2 aromatic carbocycles. The van der Waals surface area contributed by atoms with Crippen LogP contribution in [-0.4, -0.2) is 51.6 Å². The second-order valence-corrected chi connectivity index (χ2v) is 8.22. The van der Waals surface area contributed by atoms with E-state index < -0.39 is 17.2 Å². The molecule has 0 atom stereocenters. The van der Waals surface area contributed by atoms with Gasteiger partial charge in [-0.2, -0.15) is 9.97 Å². The van der Waals surface area contributed by atoms with Gasteiger partial charge in [0, 0.05) is 38.1 Å². The quantitative estimate of drug-likeness (QED) is 0.343. The number of amides is 1. The molecule has 1 fully saturated rings. The molecule has 1 saturated heterocycles. The average molecular weight is 505 g/mol. The number of carbonyl (C=O) groups is 1. The van der Waals surface area contributed by atoms with Crippen molar-refractivity contribution in [2.75, 3.05) is 41.7 Å². The van der Waals surface area contributed by atoms with Crippen LogP contribution >= 0.6 is 0 Å². The summed E-state index contributed by atoms with van der Waals surface area (Å²) in [6, 6.07) is 9.72. The zero-order chi connectivity index (χ0) is 25.9. The summed E-state index contributed by atoms with van der Waals surface area (Å²) in [6.07, 6.45) is 3.70. The smallest absolute Gasteiger partial charge is 0.283 e. The first-order chi connectivity index (χ1) is 17.9. The predicted molar refractivity (Wildman–Crippen MR) is 136 cm³/mol. The zero-order valence-corrected chi connectivity index (χ0v) is 19.5. The van der Waals surface area contributed by atoms with E-state index in [1.54, 1.807) is 29.2 Å². The van der Waals surface area contributed by atoms with Crippen LogP contribution in [0.3, 0.4) is 0 Å². The second-order valence-electron chi connectivity index (χ2n) is 8.22. The highest BCUT2D eigenvalue weighted by atomic mass is 19.2. The van der Waals surface area contributed by atoms with Gasteiger partial charge < -0.3 is 20.9 Å². The number of fused-ring (bicyclic) bond motifs is 1. The van der Waals surface area contributed by atoms with E-state index in [-0.39, 0.29) is 34.3 Å². The summed E-state index contributed by atoms with van der Waals surface area (Å²) in [4.78, 5) is 38.2. The molecule has 3 heterocycles. The molecule has 5 rings (SSSR count). The standard InChI is InChI=1S/C25H22F2N8O2/c1-2-20(36)31-15-4-3-5-16(12-15)35-14-30-24(37)17-13-29-25(33-23(17)35)32-18-6-7-19(22(27)21(18)26)34-10-8-28-9-11-34/h2-7,12-14,28H,1,8-11H2,(H,31,36)(H,29,32,33). The molecule has 4 aromatic rings. The van der Waals surface area contributed by atoms with Crippen LogP contribution in [0.2, 0.25) is 0 Å². The third-order valence-electron chi connectivity index (χ3n) is 5.86. The Hall–Kier alpha value is -4.71. The minimum Gasteiger partial charge on any atom is -0.367 e. The fraction of sp³-hybridized carbons (Fsp3) is 0.160. The molecule has 3 N–H and O–H groups in total. The first kappa shape index (κ1) is 24.0. The number of benzene rings is 2. The summed E-state index contributed by atoms with van der Waals surface area (Å²) in [5.41, 5.74) is 0.708. The van der Waals surface area contributed by atoms with E-state index in [1.807, 2.05) is 0 Å². The molecule has 1 aliphatic heterocycles. The van der Waals surface area contributed by atoms with Crippen LogP contribution in [0.5, 0.6) is 0 Å². The highest BCUT2D eigenvalue weighted by Gasteiger charge is 2.20. The van der Waals surface area contributed by atoms with Crippen LogP contribution in [0.4, 0.5) is 31.8 Å². The van der Waals surface area contributed by atoms with Crippen LogP contribution < -0.4 is 26.4 Å². The molecular formula is C25H22F2N8O2. The molecule has 1 aliphatic rings. The second kappa shape index (κ2) is 10.1. The van der Waals surface area contributed by atoms with Crippen LogP contribution in [0.25, 0.3) is 16.7 Å². The van der Waals surface area contributed by atoms with Crippen LogP contribution in [0, 0.1) is 11.6 Å². The Labute approximate surface area is 209 Å². The normalized spacial score (nSPS) is 13.4. The number of hydrogen-bond donors (Lipinski definition) is 3. The van der Waals surface area contributed by atoms with Gasteiger partial charge in [-0.1, -0.05) is 12.6 Å². The lowest BCUT2D eigenvalue weighted by Gasteiger charge is -2.30. The summed E-state index contributed by atoms with van der Waals surface area (Å²) >= 11 is 0. The number of aromatic nitrogens is 4. The molecule has 0 spiro atoms. The molecule has 0 saturated carbocycles. The van der Waals surface area contributed by atoms with Gasteiger partial charge in [-0.25, -0.2) is 13.8 Å². The Bertz CT molecular complexity index is 1570. The molecule has 0 unspecified atom stereocenters. The van der Waals surface area contributed by atoms with Crippen molar-refractivity contribution in [2.45, 2.75) is 0 Å². The highest BCUT2D eigenvalue weighted by molar-refractivity contribution is 5.99. The van der Waals surface area contributed by atoms with E-state index in [0.29, 0.717) is 37.6 Å². The number of rotatable bonds is 6. The lowest BCUT2D eigenvalue weighted by atomic mass is 10.2. The van der Waals surface area contributed by atoms with Crippen molar-refractivity contribution >= 4 is 40.0 Å². The van der Waals surface area contributed by atoms with E-state index >= 15 is 0 Å². The maximum Gasteiger partial charge on any atom is 0.283 e. The van der Waals surface area contributed by atoms with Gasteiger partial charge in [0.05, 0.1) is 17.1 Å². The van der Waals surface area contributed by atoms with E-state index in [9.17, 15) is 18.4 Å². The predicted octanol–water partition coefficient (Wildman–Crippen LogP) is 2.73. The molecule has 0 aliphatic carbocycles. The third-order valence-corrected chi connectivity index (χ3v) is 5.86. The van der Waals surface area contributed by atoms with Crippen LogP contribution in [-0.2, 0) is 4.79 Å². The first-order valence-electron chi connectivity index (χ1n) is 11.4. The number of nitrogens with zero attached hydrogens (tertiary/aromatic N) is 5.